The minimum atomic E-state index is 0.383. The predicted molar refractivity (Wildman–Crippen MR) is 44.7 cm³/mol. The molecule has 0 aliphatic rings. The Morgan fingerprint density at radius 2 is 2.25 bits per heavy atom. The highest BCUT2D eigenvalue weighted by atomic mass is 35.5. The Labute approximate surface area is 74.0 Å². The monoisotopic (exact) mass is 180 g/mol. The van der Waals surface area contributed by atoms with Crippen molar-refractivity contribution >= 4 is 11.6 Å². The molecule has 0 N–H and O–H groups in total. The number of hydrogen-bond donors (Lipinski definition) is 0. The second-order valence-corrected chi connectivity index (χ2v) is 2.63. The van der Waals surface area contributed by atoms with Crippen molar-refractivity contribution in [1.82, 2.24) is 9.97 Å². The van der Waals surface area contributed by atoms with E-state index >= 15 is 0 Å². The molecule has 0 spiro atoms. The lowest BCUT2D eigenvalue weighted by Crippen LogP contribution is -1.83. The largest absolute Gasteiger partial charge is 0.472 e. The Morgan fingerprint density at radius 3 is 2.92 bits per heavy atom. The van der Waals surface area contributed by atoms with Crippen LogP contribution in [0.15, 0.2) is 35.4 Å². The van der Waals surface area contributed by atoms with Crippen LogP contribution >= 0.6 is 11.6 Å². The molecule has 2 heterocycles. The molecule has 0 bridgehead atoms. The normalized spacial score (nSPS) is 10.1. The molecule has 2 aromatic rings. The Balaban J connectivity index is 2.48. The first-order chi connectivity index (χ1) is 5.86. The summed E-state index contributed by atoms with van der Waals surface area (Å²) in [7, 11) is 0. The molecule has 0 saturated heterocycles. The average molecular weight is 181 g/mol. The van der Waals surface area contributed by atoms with E-state index in [2.05, 4.69) is 9.97 Å². The number of furan rings is 1. The highest BCUT2D eigenvalue weighted by molar-refractivity contribution is 6.29. The van der Waals surface area contributed by atoms with Crippen LogP contribution in [0.25, 0.3) is 11.3 Å². The Morgan fingerprint density at radius 1 is 1.33 bits per heavy atom. The average Bonchev–Trinajstić information content (AvgIpc) is 2.56. The fourth-order valence-electron chi connectivity index (χ4n) is 0.891. The number of nitrogens with zero attached hydrogens (tertiary/aromatic N) is 2. The quantitative estimate of drug-likeness (QED) is 0.677. The van der Waals surface area contributed by atoms with Gasteiger partial charge in [0.15, 0.2) is 0 Å². The van der Waals surface area contributed by atoms with E-state index in [1.807, 2.05) is 0 Å². The molecule has 3 nitrogen and oxygen atoms in total. The maximum absolute atomic E-state index is 5.66. The van der Waals surface area contributed by atoms with Gasteiger partial charge >= 0.3 is 0 Å². The number of hydrogen-bond acceptors (Lipinski definition) is 3. The van der Waals surface area contributed by atoms with Crippen LogP contribution in [0.4, 0.5) is 0 Å². The van der Waals surface area contributed by atoms with Crippen LogP contribution < -0.4 is 0 Å². The third-order valence-corrected chi connectivity index (χ3v) is 1.60. The van der Waals surface area contributed by atoms with Gasteiger partial charge in [0.25, 0.3) is 0 Å². The molecule has 0 saturated carbocycles. The summed E-state index contributed by atoms with van der Waals surface area (Å²) in [6.45, 7) is 0. The molecule has 0 atom stereocenters. The molecule has 0 aliphatic carbocycles. The molecule has 2 aromatic heterocycles. The highest BCUT2D eigenvalue weighted by Gasteiger charge is 2.00. The van der Waals surface area contributed by atoms with E-state index in [4.69, 9.17) is 16.0 Å². The fraction of sp³-hybridized carbons (Fsp3) is 0. The van der Waals surface area contributed by atoms with Crippen LogP contribution in [0, 0.1) is 0 Å². The molecule has 0 radical (unpaired) electrons. The van der Waals surface area contributed by atoms with Gasteiger partial charge in [0.2, 0.25) is 0 Å². The van der Waals surface area contributed by atoms with Crippen molar-refractivity contribution in [3.63, 3.8) is 0 Å². The van der Waals surface area contributed by atoms with Crippen molar-refractivity contribution in [2.75, 3.05) is 0 Å². The lowest BCUT2D eigenvalue weighted by molar-refractivity contribution is 0.568. The van der Waals surface area contributed by atoms with Crippen LogP contribution in [0.1, 0.15) is 0 Å². The maximum atomic E-state index is 5.66. The topological polar surface area (TPSA) is 38.9 Å². The number of aromatic nitrogens is 2. The third kappa shape index (κ3) is 1.31. The molecule has 60 valence electrons. The molecule has 0 fully saturated rings. The van der Waals surface area contributed by atoms with E-state index in [0.717, 1.165) is 11.3 Å². The van der Waals surface area contributed by atoms with Crippen molar-refractivity contribution in [2.45, 2.75) is 0 Å². The molecule has 0 aromatic carbocycles. The summed E-state index contributed by atoms with van der Waals surface area (Å²) in [6, 6.07) is 1.81. The van der Waals surface area contributed by atoms with Crippen molar-refractivity contribution in [3.8, 4) is 11.3 Å². The Kier molecular flexibility index (Phi) is 1.80. The summed E-state index contributed by atoms with van der Waals surface area (Å²) in [5.74, 6) is 0. The second kappa shape index (κ2) is 2.95. The molecule has 12 heavy (non-hydrogen) atoms. The minimum Gasteiger partial charge on any atom is -0.472 e. The highest BCUT2D eigenvalue weighted by Crippen LogP contribution is 2.17. The summed E-state index contributed by atoms with van der Waals surface area (Å²) in [5.41, 5.74) is 1.60. The van der Waals surface area contributed by atoms with Gasteiger partial charge in [0, 0.05) is 5.56 Å². The van der Waals surface area contributed by atoms with E-state index in [-0.39, 0.29) is 0 Å². The smallest absolute Gasteiger partial charge is 0.148 e. The summed E-state index contributed by atoms with van der Waals surface area (Å²) in [5, 5.41) is 0.383. The van der Waals surface area contributed by atoms with Crippen LogP contribution in [0.5, 0.6) is 0 Å². The van der Waals surface area contributed by atoms with Gasteiger partial charge in [-0.25, -0.2) is 4.98 Å². The van der Waals surface area contributed by atoms with Gasteiger partial charge in [0.05, 0.1) is 30.6 Å². The fourth-order valence-corrected chi connectivity index (χ4v) is 1.04. The zero-order valence-corrected chi connectivity index (χ0v) is 6.82. The van der Waals surface area contributed by atoms with E-state index < -0.39 is 0 Å². The second-order valence-electron chi connectivity index (χ2n) is 2.24. The molecule has 0 aliphatic heterocycles. The van der Waals surface area contributed by atoms with Crippen molar-refractivity contribution in [1.29, 1.82) is 0 Å². The van der Waals surface area contributed by atoms with Gasteiger partial charge in [-0.2, -0.15) is 0 Å². The molecule has 4 heteroatoms. The SMILES string of the molecule is Clc1cncc(-c2ccoc2)n1. The van der Waals surface area contributed by atoms with E-state index in [1.165, 1.54) is 6.20 Å². The Bertz CT molecular complexity index is 372. The molecule has 0 amide bonds. The predicted octanol–water partition coefficient (Wildman–Crippen LogP) is 2.39. The maximum Gasteiger partial charge on any atom is 0.148 e. The molecule has 2 rings (SSSR count). The van der Waals surface area contributed by atoms with Crippen LogP contribution in [0.3, 0.4) is 0 Å². The van der Waals surface area contributed by atoms with Gasteiger partial charge in [-0.15, -0.1) is 0 Å². The van der Waals surface area contributed by atoms with E-state index in [1.54, 1.807) is 24.8 Å². The Hall–Kier alpha value is -1.35. The zero-order chi connectivity index (χ0) is 8.39. The van der Waals surface area contributed by atoms with Gasteiger partial charge < -0.3 is 4.42 Å². The molecular weight excluding hydrogens is 176 g/mol. The summed E-state index contributed by atoms with van der Waals surface area (Å²) in [4.78, 5) is 7.96. The number of rotatable bonds is 1. The first-order valence-electron chi connectivity index (χ1n) is 3.36. The van der Waals surface area contributed by atoms with E-state index in [0.29, 0.717) is 5.15 Å². The lowest BCUT2D eigenvalue weighted by Gasteiger charge is -1.93. The van der Waals surface area contributed by atoms with Crippen LogP contribution in [-0.4, -0.2) is 9.97 Å². The van der Waals surface area contributed by atoms with Crippen LogP contribution in [-0.2, 0) is 0 Å². The van der Waals surface area contributed by atoms with E-state index in [9.17, 15) is 0 Å². The van der Waals surface area contributed by atoms with Gasteiger partial charge in [0.1, 0.15) is 5.15 Å². The molecular formula is C8H5ClN2O. The number of halogens is 1. The first kappa shape index (κ1) is 7.31. The summed E-state index contributed by atoms with van der Waals surface area (Å²) < 4.78 is 4.90. The standard InChI is InChI=1S/C8H5ClN2O/c9-8-4-10-3-7(11-8)6-1-2-12-5-6/h1-5H. The third-order valence-electron chi connectivity index (χ3n) is 1.42. The van der Waals surface area contributed by atoms with Crippen molar-refractivity contribution in [3.05, 3.63) is 36.1 Å². The lowest BCUT2D eigenvalue weighted by atomic mass is 10.2. The van der Waals surface area contributed by atoms with Gasteiger partial charge in [-0.3, -0.25) is 4.98 Å². The van der Waals surface area contributed by atoms with Gasteiger partial charge in [-0.05, 0) is 6.07 Å². The van der Waals surface area contributed by atoms with Crippen molar-refractivity contribution in [2.24, 2.45) is 0 Å². The zero-order valence-electron chi connectivity index (χ0n) is 6.07. The molecule has 0 unspecified atom stereocenters. The minimum absolute atomic E-state index is 0.383. The summed E-state index contributed by atoms with van der Waals surface area (Å²) in [6.07, 6.45) is 6.31. The van der Waals surface area contributed by atoms with Gasteiger partial charge in [-0.1, -0.05) is 11.6 Å². The first-order valence-corrected chi connectivity index (χ1v) is 3.74. The van der Waals surface area contributed by atoms with Crippen molar-refractivity contribution < 1.29 is 4.42 Å². The van der Waals surface area contributed by atoms with Crippen LogP contribution in [0.2, 0.25) is 5.15 Å². The summed E-state index contributed by atoms with van der Waals surface area (Å²) >= 11 is 5.66.